The molecule has 4 nitrogen and oxygen atoms in total. The standard InChI is InChI=1S/C15H19BrN2O2/c1-11(15(20)18-8-3-2-4-9-18)17-14(19)12-6-5-7-13(16)10-12/h5-7,10-11H,2-4,8-9H2,1H3,(H,17,19)/t11-/m1/s1. The van der Waals surface area contributed by atoms with Gasteiger partial charge >= 0.3 is 0 Å². The maximum atomic E-state index is 12.2. The first-order valence-electron chi connectivity index (χ1n) is 6.93. The van der Waals surface area contributed by atoms with Crippen molar-refractivity contribution in [2.45, 2.75) is 32.2 Å². The molecule has 1 heterocycles. The van der Waals surface area contributed by atoms with E-state index in [4.69, 9.17) is 0 Å². The van der Waals surface area contributed by atoms with Crippen LogP contribution in [0.1, 0.15) is 36.5 Å². The van der Waals surface area contributed by atoms with Crippen molar-refractivity contribution in [2.24, 2.45) is 0 Å². The molecule has 0 saturated carbocycles. The molecule has 2 amide bonds. The molecule has 5 heteroatoms. The quantitative estimate of drug-likeness (QED) is 0.920. The van der Waals surface area contributed by atoms with Gasteiger partial charge in [-0.05, 0) is 44.4 Å². The minimum atomic E-state index is -0.486. The van der Waals surface area contributed by atoms with Gasteiger partial charge in [-0.3, -0.25) is 9.59 Å². The summed E-state index contributed by atoms with van der Waals surface area (Å²) in [6.45, 7) is 3.35. The Morgan fingerprint density at radius 3 is 2.60 bits per heavy atom. The van der Waals surface area contributed by atoms with Gasteiger partial charge in [0.25, 0.3) is 5.91 Å². The highest BCUT2D eigenvalue weighted by Crippen LogP contribution is 2.13. The minimum absolute atomic E-state index is 0.00745. The molecular weight excluding hydrogens is 320 g/mol. The Kier molecular flexibility index (Phi) is 5.17. The van der Waals surface area contributed by atoms with Crippen molar-refractivity contribution in [2.75, 3.05) is 13.1 Å². The van der Waals surface area contributed by atoms with Crippen molar-refractivity contribution < 1.29 is 9.59 Å². The maximum absolute atomic E-state index is 12.2. The second kappa shape index (κ2) is 6.88. The number of hydrogen-bond acceptors (Lipinski definition) is 2. The van der Waals surface area contributed by atoms with Crippen LogP contribution in [0.4, 0.5) is 0 Å². The monoisotopic (exact) mass is 338 g/mol. The van der Waals surface area contributed by atoms with Crippen molar-refractivity contribution in [3.05, 3.63) is 34.3 Å². The van der Waals surface area contributed by atoms with Crippen molar-refractivity contribution in [3.63, 3.8) is 0 Å². The number of halogens is 1. The summed E-state index contributed by atoms with van der Waals surface area (Å²) in [5, 5.41) is 2.77. The number of piperidine rings is 1. The number of rotatable bonds is 3. The van der Waals surface area contributed by atoms with E-state index in [1.807, 2.05) is 11.0 Å². The Morgan fingerprint density at radius 1 is 1.25 bits per heavy atom. The zero-order chi connectivity index (χ0) is 14.5. The van der Waals surface area contributed by atoms with Gasteiger partial charge < -0.3 is 10.2 Å². The average Bonchev–Trinajstić information content (AvgIpc) is 2.47. The molecule has 2 rings (SSSR count). The Labute approximate surface area is 127 Å². The summed E-state index contributed by atoms with van der Waals surface area (Å²) in [5.41, 5.74) is 0.553. The molecule has 1 atom stereocenters. The van der Waals surface area contributed by atoms with Crippen molar-refractivity contribution >= 4 is 27.7 Å². The Hall–Kier alpha value is -1.36. The number of carbonyl (C=O) groups excluding carboxylic acids is 2. The highest BCUT2D eigenvalue weighted by molar-refractivity contribution is 9.10. The van der Waals surface area contributed by atoms with E-state index in [0.717, 1.165) is 30.4 Å². The predicted molar refractivity (Wildman–Crippen MR) is 81.5 cm³/mol. The summed E-state index contributed by atoms with van der Waals surface area (Å²) < 4.78 is 0.847. The zero-order valence-electron chi connectivity index (χ0n) is 11.6. The lowest BCUT2D eigenvalue weighted by Crippen LogP contribution is -2.48. The largest absolute Gasteiger partial charge is 0.341 e. The van der Waals surface area contributed by atoms with Gasteiger partial charge in [0.15, 0.2) is 0 Å². The number of nitrogens with zero attached hydrogens (tertiary/aromatic N) is 1. The zero-order valence-corrected chi connectivity index (χ0v) is 13.1. The second-order valence-corrected chi connectivity index (χ2v) is 6.01. The van der Waals surface area contributed by atoms with Crippen LogP contribution in [0.2, 0.25) is 0 Å². The summed E-state index contributed by atoms with van der Waals surface area (Å²) >= 11 is 3.33. The van der Waals surface area contributed by atoms with Crippen LogP contribution < -0.4 is 5.32 Å². The Morgan fingerprint density at radius 2 is 1.95 bits per heavy atom. The molecule has 1 aliphatic heterocycles. The van der Waals surface area contributed by atoms with Crippen LogP contribution >= 0.6 is 15.9 Å². The van der Waals surface area contributed by atoms with Gasteiger partial charge in [0, 0.05) is 23.1 Å². The van der Waals surface area contributed by atoms with Gasteiger partial charge in [-0.2, -0.15) is 0 Å². The molecule has 1 fully saturated rings. The van der Waals surface area contributed by atoms with E-state index in [1.54, 1.807) is 25.1 Å². The molecular formula is C15H19BrN2O2. The van der Waals surface area contributed by atoms with E-state index in [9.17, 15) is 9.59 Å². The number of amides is 2. The van der Waals surface area contributed by atoms with E-state index in [2.05, 4.69) is 21.2 Å². The van der Waals surface area contributed by atoms with E-state index in [0.29, 0.717) is 5.56 Å². The average molecular weight is 339 g/mol. The number of hydrogen-bond donors (Lipinski definition) is 1. The predicted octanol–water partition coefficient (Wildman–Crippen LogP) is 2.58. The van der Waals surface area contributed by atoms with Gasteiger partial charge in [-0.15, -0.1) is 0 Å². The maximum Gasteiger partial charge on any atom is 0.251 e. The molecule has 1 saturated heterocycles. The minimum Gasteiger partial charge on any atom is -0.341 e. The smallest absolute Gasteiger partial charge is 0.251 e. The summed E-state index contributed by atoms with van der Waals surface area (Å²) in [6, 6.07) is 6.65. The molecule has 0 aromatic heterocycles. The fourth-order valence-corrected chi connectivity index (χ4v) is 2.76. The first-order valence-corrected chi connectivity index (χ1v) is 7.72. The highest BCUT2D eigenvalue weighted by Gasteiger charge is 2.23. The fraction of sp³-hybridized carbons (Fsp3) is 0.467. The summed E-state index contributed by atoms with van der Waals surface area (Å²) in [4.78, 5) is 26.2. The lowest BCUT2D eigenvalue weighted by atomic mass is 10.1. The van der Waals surface area contributed by atoms with Gasteiger partial charge in [0.1, 0.15) is 6.04 Å². The summed E-state index contributed by atoms with van der Waals surface area (Å²) in [7, 11) is 0. The Balaban J connectivity index is 1.94. The molecule has 0 unspecified atom stereocenters. The van der Waals surface area contributed by atoms with Crippen LogP contribution in [0.15, 0.2) is 28.7 Å². The van der Waals surface area contributed by atoms with E-state index in [1.165, 1.54) is 6.42 Å². The van der Waals surface area contributed by atoms with Crippen molar-refractivity contribution in [1.29, 1.82) is 0 Å². The van der Waals surface area contributed by atoms with Gasteiger partial charge in [-0.25, -0.2) is 0 Å². The van der Waals surface area contributed by atoms with Crippen LogP contribution in [-0.2, 0) is 4.79 Å². The van der Waals surface area contributed by atoms with E-state index >= 15 is 0 Å². The van der Waals surface area contributed by atoms with Crippen LogP contribution in [0.5, 0.6) is 0 Å². The normalized spacial score (nSPS) is 16.6. The third-order valence-corrected chi connectivity index (χ3v) is 3.97. The molecule has 0 bridgehead atoms. The Bertz CT molecular complexity index is 498. The van der Waals surface area contributed by atoms with E-state index < -0.39 is 6.04 Å². The van der Waals surface area contributed by atoms with Crippen LogP contribution in [0.3, 0.4) is 0 Å². The number of likely N-dealkylation sites (tertiary alicyclic amines) is 1. The lowest BCUT2D eigenvalue weighted by Gasteiger charge is -2.29. The number of nitrogens with one attached hydrogen (secondary N) is 1. The SMILES string of the molecule is C[C@@H](NC(=O)c1cccc(Br)c1)C(=O)N1CCCCC1. The molecule has 0 radical (unpaired) electrons. The molecule has 1 N–H and O–H groups in total. The molecule has 108 valence electrons. The highest BCUT2D eigenvalue weighted by atomic mass is 79.9. The lowest BCUT2D eigenvalue weighted by molar-refractivity contribution is -0.133. The number of benzene rings is 1. The molecule has 1 aromatic carbocycles. The van der Waals surface area contributed by atoms with Gasteiger partial charge in [0.2, 0.25) is 5.91 Å². The van der Waals surface area contributed by atoms with Crippen molar-refractivity contribution in [3.8, 4) is 0 Å². The second-order valence-electron chi connectivity index (χ2n) is 5.09. The van der Waals surface area contributed by atoms with Crippen molar-refractivity contribution in [1.82, 2.24) is 10.2 Å². The molecule has 20 heavy (non-hydrogen) atoms. The molecule has 1 aromatic rings. The third-order valence-electron chi connectivity index (χ3n) is 3.47. The summed E-state index contributed by atoms with van der Waals surface area (Å²) in [6.07, 6.45) is 3.29. The topological polar surface area (TPSA) is 49.4 Å². The first-order chi connectivity index (χ1) is 9.58. The first kappa shape index (κ1) is 15.0. The van der Waals surface area contributed by atoms with Gasteiger partial charge in [0.05, 0.1) is 0 Å². The van der Waals surface area contributed by atoms with E-state index in [-0.39, 0.29) is 11.8 Å². The van der Waals surface area contributed by atoms with Crippen LogP contribution in [-0.4, -0.2) is 35.8 Å². The molecule has 1 aliphatic rings. The van der Waals surface area contributed by atoms with Crippen LogP contribution in [0.25, 0.3) is 0 Å². The molecule has 0 aliphatic carbocycles. The number of carbonyl (C=O) groups is 2. The fourth-order valence-electron chi connectivity index (χ4n) is 2.36. The third kappa shape index (κ3) is 3.82. The van der Waals surface area contributed by atoms with Crippen LogP contribution in [0, 0.1) is 0 Å². The molecule has 0 spiro atoms. The van der Waals surface area contributed by atoms with Gasteiger partial charge in [-0.1, -0.05) is 22.0 Å². The summed E-state index contributed by atoms with van der Waals surface area (Å²) in [5.74, 6) is -0.211.